The van der Waals surface area contributed by atoms with Gasteiger partial charge in [-0.25, -0.2) is 0 Å². The summed E-state index contributed by atoms with van der Waals surface area (Å²) in [6, 6.07) is 0. The normalized spacial score (nSPS) is 24.9. The van der Waals surface area contributed by atoms with E-state index in [1.807, 2.05) is 0 Å². The van der Waals surface area contributed by atoms with Crippen LogP contribution in [0.3, 0.4) is 0 Å². The topological polar surface area (TPSA) is 9.23 Å². The lowest BCUT2D eigenvalue weighted by Gasteiger charge is -1.97. The average Bonchev–Trinajstić information content (AvgIpc) is 2.14. The van der Waals surface area contributed by atoms with Gasteiger partial charge in [-0.05, 0) is 24.4 Å². The van der Waals surface area contributed by atoms with Gasteiger partial charge < -0.3 is 4.74 Å². The van der Waals surface area contributed by atoms with E-state index in [4.69, 9.17) is 11.2 Å². The summed E-state index contributed by atoms with van der Waals surface area (Å²) < 4.78 is 4.89. The molecule has 1 unspecified atom stereocenters. The van der Waals surface area contributed by atoms with Gasteiger partial charge >= 0.3 is 0 Å². The van der Waals surface area contributed by atoms with Crippen LogP contribution in [0.15, 0.2) is 12.2 Å². The summed E-state index contributed by atoms with van der Waals surface area (Å²) in [6.45, 7) is 0. The van der Waals surface area contributed by atoms with Gasteiger partial charge in [-0.1, -0.05) is 5.92 Å². The van der Waals surface area contributed by atoms with Crippen molar-refractivity contribution in [2.75, 3.05) is 0 Å². The van der Waals surface area contributed by atoms with Crippen molar-refractivity contribution in [3.8, 4) is 12.3 Å². The maximum atomic E-state index is 5.01. The molecule has 0 aromatic rings. The number of hydrogen-bond acceptors (Lipinski definition) is 2. The lowest BCUT2D eigenvalue weighted by molar-refractivity contribution is 0.315. The van der Waals surface area contributed by atoms with Crippen LogP contribution in [0.1, 0.15) is 0 Å². The van der Waals surface area contributed by atoms with Gasteiger partial charge in [-0.3, -0.25) is 0 Å². The molecule has 1 aliphatic heterocycles. The Bertz CT molecular complexity index is 175. The molecule has 1 atom stereocenters. The maximum Gasteiger partial charge on any atom is 0.185 e. The molecule has 1 aliphatic rings. The van der Waals surface area contributed by atoms with Crippen LogP contribution in [-0.4, -0.2) is 11.2 Å². The van der Waals surface area contributed by atoms with Crippen LogP contribution in [0.2, 0.25) is 0 Å². The van der Waals surface area contributed by atoms with E-state index >= 15 is 0 Å². The highest BCUT2D eigenvalue weighted by molar-refractivity contribution is 7.80. The minimum Gasteiger partial charge on any atom is -0.463 e. The zero-order valence-corrected chi connectivity index (χ0v) is 4.94. The van der Waals surface area contributed by atoms with Crippen LogP contribution in [0.5, 0.6) is 0 Å². The summed E-state index contributed by atoms with van der Waals surface area (Å²) >= 11 is 4.66. The zero-order chi connectivity index (χ0) is 5.98. The molecule has 0 aromatic carbocycles. The Balaban J connectivity index is 2.62. The second kappa shape index (κ2) is 1.97. The Labute approximate surface area is 53.3 Å². The molecule has 0 N–H and O–H groups in total. The molecule has 0 fully saturated rings. The van der Waals surface area contributed by atoms with Gasteiger partial charge in [0.2, 0.25) is 0 Å². The first-order valence-corrected chi connectivity index (χ1v) is 2.58. The monoisotopic (exact) mass is 124 g/mol. The number of hydrogen-bond donors (Lipinski definition) is 0. The smallest absolute Gasteiger partial charge is 0.185 e. The van der Waals surface area contributed by atoms with Gasteiger partial charge in [0.25, 0.3) is 0 Å². The molecule has 0 aromatic heterocycles. The molecular formula is C6H4OS. The molecule has 0 saturated carbocycles. The van der Waals surface area contributed by atoms with E-state index in [1.54, 1.807) is 12.2 Å². The Hall–Kier alpha value is -0.810. The average molecular weight is 124 g/mol. The quantitative estimate of drug-likeness (QED) is 0.350. The number of terminal acetylenes is 1. The Kier molecular flexibility index (Phi) is 1.32. The molecule has 8 heavy (non-hydrogen) atoms. The number of thiocarbonyl (C=S) groups is 1. The molecule has 0 radical (unpaired) electrons. The van der Waals surface area contributed by atoms with E-state index in [0.29, 0.717) is 5.05 Å². The lowest BCUT2D eigenvalue weighted by Crippen LogP contribution is -2.01. The van der Waals surface area contributed by atoms with Crippen molar-refractivity contribution in [3.05, 3.63) is 12.2 Å². The second-order valence-electron chi connectivity index (χ2n) is 1.38. The molecule has 1 nitrogen and oxygen atoms in total. The minimum absolute atomic E-state index is 0.220. The maximum absolute atomic E-state index is 5.01. The standard InChI is InChI=1S/C6H4OS/c1-2-5-3-4-6(8)7-5/h1,3-5H. The summed E-state index contributed by atoms with van der Waals surface area (Å²) in [5.41, 5.74) is 0. The van der Waals surface area contributed by atoms with Gasteiger partial charge in [0.15, 0.2) is 11.2 Å². The summed E-state index contributed by atoms with van der Waals surface area (Å²) in [5, 5.41) is 0.480. The summed E-state index contributed by atoms with van der Waals surface area (Å²) in [4.78, 5) is 0. The van der Waals surface area contributed by atoms with E-state index < -0.39 is 0 Å². The highest BCUT2D eigenvalue weighted by Gasteiger charge is 2.08. The fourth-order valence-electron chi connectivity index (χ4n) is 0.459. The molecule has 1 heterocycles. The lowest BCUT2D eigenvalue weighted by atomic mass is 10.4. The summed E-state index contributed by atoms with van der Waals surface area (Å²) in [6.07, 6.45) is 8.24. The first-order valence-electron chi connectivity index (χ1n) is 2.18. The highest BCUT2D eigenvalue weighted by atomic mass is 32.1. The third-order valence-corrected chi connectivity index (χ3v) is 1.05. The van der Waals surface area contributed by atoms with Gasteiger partial charge in [-0.2, -0.15) is 0 Å². The van der Waals surface area contributed by atoms with Crippen molar-refractivity contribution in [2.45, 2.75) is 6.10 Å². The van der Waals surface area contributed by atoms with Crippen LogP contribution >= 0.6 is 12.2 Å². The van der Waals surface area contributed by atoms with Gasteiger partial charge in [0, 0.05) is 0 Å². The SMILES string of the molecule is C#CC1C=CC(=S)O1. The van der Waals surface area contributed by atoms with Crippen molar-refractivity contribution >= 4 is 17.3 Å². The molecule has 0 spiro atoms. The van der Waals surface area contributed by atoms with Crippen LogP contribution in [0.4, 0.5) is 0 Å². The number of ether oxygens (including phenoxy) is 1. The van der Waals surface area contributed by atoms with Gasteiger partial charge in [0.1, 0.15) is 0 Å². The summed E-state index contributed by atoms with van der Waals surface area (Å²) in [5.74, 6) is 2.40. The van der Waals surface area contributed by atoms with Crippen LogP contribution in [0.25, 0.3) is 0 Å². The molecule has 40 valence electrons. The third-order valence-electron chi connectivity index (χ3n) is 0.814. The van der Waals surface area contributed by atoms with E-state index in [-0.39, 0.29) is 6.10 Å². The van der Waals surface area contributed by atoms with Crippen LogP contribution in [-0.2, 0) is 4.74 Å². The molecule has 0 amide bonds. The second-order valence-corrected chi connectivity index (χ2v) is 1.79. The van der Waals surface area contributed by atoms with Crippen molar-refractivity contribution in [1.82, 2.24) is 0 Å². The fourth-order valence-corrected chi connectivity index (χ4v) is 0.641. The summed E-state index contributed by atoms with van der Waals surface area (Å²) in [7, 11) is 0. The van der Waals surface area contributed by atoms with Gasteiger partial charge in [-0.15, -0.1) is 6.42 Å². The van der Waals surface area contributed by atoms with E-state index in [1.165, 1.54) is 0 Å². The predicted molar refractivity (Wildman–Crippen MR) is 35.4 cm³/mol. The van der Waals surface area contributed by atoms with E-state index in [9.17, 15) is 0 Å². The molecular weight excluding hydrogens is 120 g/mol. The predicted octanol–water partition coefficient (Wildman–Crippen LogP) is 0.902. The van der Waals surface area contributed by atoms with Crippen molar-refractivity contribution in [2.24, 2.45) is 0 Å². The highest BCUT2D eigenvalue weighted by Crippen LogP contribution is 2.03. The van der Waals surface area contributed by atoms with E-state index in [2.05, 4.69) is 18.1 Å². The zero-order valence-electron chi connectivity index (χ0n) is 4.13. The van der Waals surface area contributed by atoms with Crippen molar-refractivity contribution in [3.63, 3.8) is 0 Å². The molecule has 0 aliphatic carbocycles. The Morgan fingerprint density at radius 3 is 2.88 bits per heavy atom. The van der Waals surface area contributed by atoms with Crippen molar-refractivity contribution < 1.29 is 4.74 Å². The molecule has 0 saturated heterocycles. The molecule has 1 rings (SSSR count). The molecule has 0 bridgehead atoms. The van der Waals surface area contributed by atoms with E-state index in [0.717, 1.165) is 0 Å². The largest absolute Gasteiger partial charge is 0.463 e. The van der Waals surface area contributed by atoms with Crippen LogP contribution < -0.4 is 0 Å². The van der Waals surface area contributed by atoms with Crippen LogP contribution in [0, 0.1) is 12.3 Å². The van der Waals surface area contributed by atoms with Gasteiger partial charge in [0.05, 0.1) is 0 Å². The first-order chi connectivity index (χ1) is 3.83. The van der Waals surface area contributed by atoms with Crippen molar-refractivity contribution in [1.29, 1.82) is 0 Å². The number of rotatable bonds is 0. The Morgan fingerprint density at radius 2 is 2.62 bits per heavy atom. The fraction of sp³-hybridized carbons (Fsp3) is 0.167. The minimum atomic E-state index is -0.220. The molecule has 2 heteroatoms. The first kappa shape index (κ1) is 5.33. The Morgan fingerprint density at radius 1 is 1.88 bits per heavy atom. The third kappa shape index (κ3) is 0.877.